The summed E-state index contributed by atoms with van der Waals surface area (Å²) in [7, 11) is 0. The molecule has 15 heteroatoms. The molecule has 0 aliphatic rings. The molecule has 0 aliphatic heterocycles. The highest BCUT2D eigenvalue weighted by molar-refractivity contribution is 6.03. The molecule has 9 aromatic rings. The van der Waals surface area contributed by atoms with E-state index in [0.717, 1.165) is 0 Å². The van der Waals surface area contributed by atoms with Crippen molar-refractivity contribution in [1.29, 1.82) is 0 Å². The molecule has 0 radical (unpaired) electrons. The van der Waals surface area contributed by atoms with Crippen LogP contribution >= 0.6 is 0 Å². The molecule has 60 heavy (non-hydrogen) atoms. The second-order valence-corrected chi connectivity index (χ2v) is 13.1. The van der Waals surface area contributed by atoms with Gasteiger partial charge in [-0.15, -0.1) is 30.7 Å². The number of azo groups is 3. The van der Waals surface area contributed by atoms with Gasteiger partial charge in [0, 0.05) is 46.2 Å². The van der Waals surface area contributed by atoms with E-state index in [9.17, 15) is 20.4 Å². The lowest BCUT2D eigenvalue weighted by Crippen LogP contribution is -1.90. The van der Waals surface area contributed by atoms with Crippen molar-refractivity contribution in [3.05, 3.63) is 152 Å². The van der Waals surface area contributed by atoms with Crippen molar-refractivity contribution < 1.29 is 29.9 Å². The number of aromatic hydroxyl groups is 4. The van der Waals surface area contributed by atoms with Gasteiger partial charge in [-0.1, -0.05) is 24.3 Å². The maximum Gasteiger partial charge on any atom is 0.174 e. The summed E-state index contributed by atoms with van der Waals surface area (Å²) >= 11 is 0. The average Bonchev–Trinajstić information content (AvgIpc) is 3.27. The number of hydrogen-bond donors (Lipinski definition) is 4. The minimum Gasteiger partial charge on any atom is -0.508 e. The van der Waals surface area contributed by atoms with Gasteiger partial charge in [0.15, 0.2) is 40.5 Å². The normalized spacial score (nSPS) is 11.7. The Kier molecular flexibility index (Phi) is 9.77. The largest absolute Gasteiger partial charge is 0.508 e. The van der Waals surface area contributed by atoms with Crippen LogP contribution in [0, 0.1) is 0 Å². The molecule has 0 bridgehead atoms. The summed E-state index contributed by atoms with van der Waals surface area (Å²) in [5, 5.41) is 72.8. The number of phenolic OH excluding ortho intramolecular Hbond substituents is 4. The highest BCUT2D eigenvalue weighted by atomic mass is 16.5. The quantitative estimate of drug-likeness (QED) is 0.0968. The first-order valence-electron chi connectivity index (χ1n) is 18.2. The third-order valence-electron chi connectivity index (χ3n) is 9.19. The molecule has 0 amide bonds. The highest BCUT2D eigenvalue weighted by Crippen LogP contribution is 2.50. The molecule has 290 valence electrons. The molecular weight excluding hydrogens is 763 g/mol. The van der Waals surface area contributed by atoms with Gasteiger partial charge < -0.3 is 29.9 Å². The number of aromatic nitrogens is 3. The molecule has 0 unspecified atom stereocenters. The number of nitrogens with zero attached hydrogens (tertiary/aromatic N) is 9. The molecule has 3 aromatic heterocycles. The Labute approximate surface area is 339 Å². The summed E-state index contributed by atoms with van der Waals surface area (Å²) in [5.74, 6) is 1.11. The zero-order chi connectivity index (χ0) is 41.0. The molecule has 0 saturated heterocycles. The Balaban J connectivity index is 1.16. The molecule has 0 fully saturated rings. The zero-order valence-corrected chi connectivity index (χ0v) is 31.1. The van der Waals surface area contributed by atoms with Crippen molar-refractivity contribution in [3.8, 4) is 46.0 Å². The summed E-state index contributed by atoms with van der Waals surface area (Å²) in [4.78, 5) is 12.7. The summed E-state index contributed by atoms with van der Waals surface area (Å²) in [6.07, 6.45) is 4.76. The van der Waals surface area contributed by atoms with Crippen LogP contribution in [0.25, 0.3) is 32.3 Å². The molecule has 15 nitrogen and oxygen atoms in total. The number of pyridine rings is 3. The second kappa shape index (κ2) is 16.0. The van der Waals surface area contributed by atoms with Crippen molar-refractivity contribution in [2.75, 3.05) is 0 Å². The number of phenols is 4. The van der Waals surface area contributed by atoms with Crippen molar-refractivity contribution in [3.63, 3.8) is 0 Å². The van der Waals surface area contributed by atoms with Gasteiger partial charge in [0.05, 0.1) is 11.1 Å². The molecule has 4 N–H and O–H groups in total. The van der Waals surface area contributed by atoms with Crippen LogP contribution in [-0.2, 0) is 0 Å². The highest BCUT2D eigenvalue weighted by Gasteiger charge is 2.21. The lowest BCUT2D eigenvalue weighted by molar-refractivity contribution is 0.413. The topological polar surface area (TPSA) is 212 Å². The van der Waals surface area contributed by atoms with Gasteiger partial charge in [-0.3, -0.25) is 0 Å². The first-order valence-corrected chi connectivity index (χ1v) is 18.2. The van der Waals surface area contributed by atoms with Crippen LogP contribution in [-0.4, -0.2) is 35.4 Å². The second-order valence-electron chi connectivity index (χ2n) is 13.1. The first-order chi connectivity index (χ1) is 29.4. The molecule has 0 saturated carbocycles. The Morgan fingerprint density at radius 3 is 1.70 bits per heavy atom. The summed E-state index contributed by atoms with van der Waals surface area (Å²) in [5.41, 5.74) is 0.775. The van der Waals surface area contributed by atoms with Crippen LogP contribution < -0.4 is 9.47 Å². The van der Waals surface area contributed by atoms with Gasteiger partial charge in [-0.2, -0.15) is 0 Å². The molecular formula is C45H29N9O6. The standard InChI is InChI=1S/C45H29N9O6/c55-27-11-13-29-26(23-27)10-18-36(43(29)53-51-40-8-2-5-21-47-40)59-28-12-14-30-32(24-28)44(54-52-41-9-3-6-22-48-41)38(25-35(30)57)60-37-19-15-31-34(56)17-16-33(42(31)45(37)58)49-50-39-7-1-4-20-46-39/h1-25,55-58H/b50-49+,53-51+,54-52+. The van der Waals surface area contributed by atoms with Gasteiger partial charge in [-0.25, -0.2) is 15.0 Å². The number of fused-ring (bicyclic) bond motifs is 3. The van der Waals surface area contributed by atoms with Gasteiger partial charge in [0.1, 0.15) is 34.4 Å². The Hall–Kier alpha value is -8.85. The van der Waals surface area contributed by atoms with Gasteiger partial charge in [-0.05, 0) is 109 Å². The van der Waals surface area contributed by atoms with Crippen LogP contribution in [0.15, 0.2) is 183 Å². The minimum atomic E-state index is -0.361. The van der Waals surface area contributed by atoms with E-state index >= 15 is 0 Å². The lowest BCUT2D eigenvalue weighted by Gasteiger charge is -2.16. The molecule has 6 aromatic carbocycles. The van der Waals surface area contributed by atoms with Crippen LogP contribution in [0.3, 0.4) is 0 Å². The number of benzene rings is 6. The lowest BCUT2D eigenvalue weighted by atomic mass is 10.1. The molecule has 0 atom stereocenters. The summed E-state index contributed by atoms with van der Waals surface area (Å²) in [6.45, 7) is 0. The molecule has 0 aliphatic carbocycles. The number of ether oxygens (including phenoxy) is 2. The molecule has 9 rings (SSSR count). The molecule has 3 heterocycles. The minimum absolute atomic E-state index is 0.0126. The first kappa shape index (κ1) is 36.8. The monoisotopic (exact) mass is 791 g/mol. The van der Waals surface area contributed by atoms with E-state index in [4.69, 9.17) is 9.47 Å². The zero-order valence-electron chi connectivity index (χ0n) is 31.1. The van der Waals surface area contributed by atoms with Crippen molar-refractivity contribution in [1.82, 2.24) is 15.0 Å². The van der Waals surface area contributed by atoms with Crippen LogP contribution in [0.4, 0.5) is 34.5 Å². The Bertz CT molecular complexity index is 3150. The Morgan fingerprint density at radius 1 is 0.417 bits per heavy atom. The third kappa shape index (κ3) is 7.51. The third-order valence-corrected chi connectivity index (χ3v) is 9.19. The summed E-state index contributed by atoms with van der Waals surface area (Å²) in [6, 6.07) is 36.4. The number of hydrogen-bond acceptors (Lipinski definition) is 15. The van der Waals surface area contributed by atoms with E-state index < -0.39 is 0 Å². The smallest absolute Gasteiger partial charge is 0.174 e. The van der Waals surface area contributed by atoms with E-state index in [1.165, 1.54) is 24.3 Å². The van der Waals surface area contributed by atoms with E-state index in [1.807, 2.05) is 0 Å². The fourth-order valence-corrected chi connectivity index (χ4v) is 6.39. The van der Waals surface area contributed by atoms with Crippen LogP contribution in [0.1, 0.15) is 0 Å². The van der Waals surface area contributed by atoms with Crippen LogP contribution in [0.5, 0.6) is 46.0 Å². The Morgan fingerprint density at radius 2 is 1.03 bits per heavy atom. The van der Waals surface area contributed by atoms with Gasteiger partial charge >= 0.3 is 0 Å². The van der Waals surface area contributed by atoms with Gasteiger partial charge in [0.2, 0.25) is 0 Å². The van der Waals surface area contributed by atoms with Crippen molar-refractivity contribution >= 4 is 66.8 Å². The van der Waals surface area contributed by atoms with Crippen molar-refractivity contribution in [2.45, 2.75) is 0 Å². The van der Waals surface area contributed by atoms with Crippen LogP contribution in [0.2, 0.25) is 0 Å². The predicted octanol–water partition coefficient (Wildman–Crippen LogP) is 13.0. The average molecular weight is 792 g/mol. The fourth-order valence-electron chi connectivity index (χ4n) is 6.39. The van der Waals surface area contributed by atoms with E-state index in [-0.39, 0.29) is 51.3 Å². The fraction of sp³-hybridized carbons (Fsp3) is 0. The predicted molar refractivity (Wildman–Crippen MR) is 224 cm³/mol. The maximum absolute atomic E-state index is 11.7. The molecule has 0 spiro atoms. The maximum atomic E-state index is 11.7. The van der Waals surface area contributed by atoms with E-state index in [1.54, 1.807) is 128 Å². The number of rotatable bonds is 10. The van der Waals surface area contributed by atoms with E-state index in [2.05, 4.69) is 45.6 Å². The van der Waals surface area contributed by atoms with E-state index in [0.29, 0.717) is 61.6 Å². The van der Waals surface area contributed by atoms with Gasteiger partial charge in [0.25, 0.3) is 0 Å². The SMILES string of the molecule is Oc1ccc2c(/N=N/c3ccccn3)c(Oc3ccc4c(O)cc(Oc5ccc6c(O)ccc(/N=N/c7ccccn7)c6c5O)c(/N=N/c5ccccn5)c4c3)ccc2c1. The van der Waals surface area contributed by atoms with Crippen molar-refractivity contribution in [2.24, 2.45) is 30.7 Å². The summed E-state index contributed by atoms with van der Waals surface area (Å²) < 4.78 is 12.8.